The lowest BCUT2D eigenvalue weighted by Crippen LogP contribution is -2.25. The van der Waals surface area contributed by atoms with E-state index in [0.29, 0.717) is 6.29 Å². The Morgan fingerprint density at radius 1 is 1.31 bits per heavy atom. The standard InChI is InChI=1S/C11H11F2NO2/c12-8-1-7(2-9(13)4-8)3-11(16)5-10(14)6-15/h1-2,4,6,10H,3,5,14H2/t10-/m0/s1. The van der Waals surface area contributed by atoms with Gasteiger partial charge in [0.25, 0.3) is 0 Å². The van der Waals surface area contributed by atoms with E-state index in [2.05, 4.69) is 0 Å². The summed E-state index contributed by atoms with van der Waals surface area (Å²) in [7, 11) is 0. The van der Waals surface area contributed by atoms with Gasteiger partial charge in [-0.25, -0.2) is 8.78 Å². The minimum Gasteiger partial charge on any atom is -0.321 e. The first kappa shape index (κ1) is 12.4. The highest BCUT2D eigenvalue weighted by molar-refractivity contribution is 5.84. The number of carbonyl (C=O) groups excluding carboxylic acids is 2. The van der Waals surface area contributed by atoms with E-state index in [9.17, 15) is 18.4 Å². The van der Waals surface area contributed by atoms with Gasteiger partial charge in [-0.1, -0.05) is 0 Å². The molecule has 0 aliphatic heterocycles. The van der Waals surface area contributed by atoms with Gasteiger partial charge in [-0.15, -0.1) is 0 Å². The van der Waals surface area contributed by atoms with Crippen LogP contribution in [0.4, 0.5) is 8.78 Å². The van der Waals surface area contributed by atoms with Gasteiger partial charge in [0.15, 0.2) is 0 Å². The molecule has 0 aromatic heterocycles. The zero-order valence-corrected chi connectivity index (χ0v) is 8.45. The number of rotatable bonds is 5. The van der Waals surface area contributed by atoms with Crippen molar-refractivity contribution in [2.75, 3.05) is 0 Å². The molecule has 0 saturated carbocycles. The Morgan fingerprint density at radius 2 is 1.88 bits per heavy atom. The second-order valence-corrected chi connectivity index (χ2v) is 3.50. The van der Waals surface area contributed by atoms with E-state index < -0.39 is 17.7 Å². The first-order chi connectivity index (χ1) is 7.51. The number of benzene rings is 1. The van der Waals surface area contributed by atoms with Crippen molar-refractivity contribution in [2.45, 2.75) is 18.9 Å². The van der Waals surface area contributed by atoms with Crippen LogP contribution in [-0.4, -0.2) is 18.1 Å². The molecule has 2 N–H and O–H groups in total. The molecule has 1 rings (SSSR count). The molecule has 0 aliphatic rings. The minimum atomic E-state index is -0.856. The third-order valence-electron chi connectivity index (χ3n) is 1.96. The Labute approximate surface area is 91.3 Å². The largest absolute Gasteiger partial charge is 0.321 e. The average molecular weight is 227 g/mol. The summed E-state index contributed by atoms with van der Waals surface area (Å²) in [6.45, 7) is 0. The van der Waals surface area contributed by atoms with Crippen molar-refractivity contribution in [1.82, 2.24) is 0 Å². The SMILES string of the molecule is N[C@H](C=O)CC(=O)Cc1cc(F)cc(F)c1. The van der Waals surface area contributed by atoms with Gasteiger partial charge in [-0.3, -0.25) is 4.79 Å². The van der Waals surface area contributed by atoms with Crippen LogP contribution in [0.5, 0.6) is 0 Å². The third-order valence-corrected chi connectivity index (χ3v) is 1.96. The summed E-state index contributed by atoms with van der Waals surface area (Å²) < 4.78 is 25.5. The monoisotopic (exact) mass is 227 g/mol. The van der Waals surface area contributed by atoms with E-state index in [1.54, 1.807) is 0 Å². The summed E-state index contributed by atoms with van der Waals surface area (Å²) in [4.78, 5) is 21.5. The van der Waals surface area contributed by atoms with Gasteiger partial charge in [-0.2, -0.15) is 0 Å². The number of hydrogen-bond acceptors (Lipinski definition) is 3. The van der Waals surface area contributed by atoms with E-state index in [-0.39, 0.29) is 24.2 Å². The highest BCUT2D eigenvalue weighted by atomic mass is 19.1. The van der Waals surface area contributed by atoms with Crippen molar-refractivity contribution in [1.29, 1.82) is 0 Å². The average Bonchev–Trinajstić information content (AvgIpc) is 2.15. The van der Waals surface area contributed by atoms with Crippen molar-refractivity contribution >= 4 is 12.1 Å². The second kappa shape index (κ2) is 5.46. The van der Waals surface area contributed by atoms with Gasteiger partial charge in [0.05, 0.1) is 6.04 Å². The molecule has 0 heterocycles. The molecule has 0 amide bonds. The molecule has 1 atom stereocenters. The lowest BCUT2D eigenvalue weighted by atomic mass is 10.0. The van der Waals surface area contributed by atoms with Crippen LogP contribution in [-0.2, 0) is 16.0 Å². The van der Waals surface area contributed by atoms with Crippen LogP contribution in [0.2, 0.25) is 0 Å². The molecule has 0 unspecified atom stereocenters. The maximum absolute atomic E-state index is 12.8. The Hall–Kier alpha value is -1.62. The number of hydrogen-bond donors (Lipinski definition) is 1. The number of carbonyl (C=O) groups is 2. The van der Waals surface area contributed by atoms with E-state index >= 15 is 0 Å². The molecule has 0 radical (unpaired) electrons. The minimum absolute atomic E-state index is 0.123. The molecule has 5 heteroatoms. The first-order valence-electron chi connectivity index (χ1n) is 4.69. The molecule has 1 aromatic rings. The normalized spacial score (nSPS) is 12.2. The Balaban J connectivity index is 2.66. The van der Waals surface area contributed by atoms with E-state index in [4.69, 9.17) is 5.73 Å². The molecule has 86 valence electrons. The Kier molecular flexibility index (Phi) is 4.25. The van der Waals surface area contributed by atoms with Crippen LogP contribution in [0.25, 0.3) is 0 Å². The second-order valence-electron chi connectivity index (χ2n) is 3.50. The molecule has 0 saturated heterocycles. The fourth-order valence-electron chi connectivity index (χ4n) is 1.32. The third kappa shape index (κ3) is 3.86. The lowest BCUT2D eigenvalue weighted by molar-refractivity contribution is -0.120. The van der Waals surface area contributed by atoms with E-state index in [0.717, 1.165) is 18.2 Å². The molecule has 16 heavy (non-hydrogen) atoms. The van der Waals surface area contributed by atoms with Crippen molar-refractivity contribution in [2.24, 2.45) is 5.73 Å². The number of nitrogens with two attached hydrogens (primary N) is 1. The van der Waals surface area contributed by atoms with Crippen molar-refractivity contribution < 1.29 is 18.4 Å². The predicted octanol–water partition coefficient (Wildman–Crippen LogP) is 0.993. The predicted molar refractivity (Wildman–Crippen MR) is 53.7 cm³/mol. The Bertz CT molecular complexity index is 387. The zero-order valence-electron chi connectivity index (χ0n) is 8.45. The molecule has 0 spiro atoms. The van der Waals surface area contributed by atoms with Gasteiger partial charge in [0.1, 0.15) is 23.7 Å². The van der Waals surface area contributed by atoms with Crippen LogP contribution in [0.1, 0.15) is 12.0 Å². The number of Topliss-reactive ketones (excluding diaryl/α,β-unsaturated/α-hetero) is 1. The smallest absolute Gasteiger partial charge is 0.139 e. The van der Waals surface area contributed by atoms with Gasteiger partial charge < -0.3 is 10.5 Å². The van der Waals surface area contributed by atoms with Crippen LogP contribution >= 0.6 is 0 Å². The fourth-order valence-corrected chi connectivity index (χ4v) is 1.32. The molecule has 3 nitrogen and oxygen atoms in total. The number of aldehydes is 1. The summed E-state index contributed by atoms with van der Waals surface area (Å²) in [5.41, 5.74) is 5.49. The maximum atomic E-state index is 12.8. The summed E-state index contributed by atoms with van der Waals surface area (Å²) in [6, 6.07) is 2.03. The number of ketones is 1. The van der Waals surface area contributed by atoms with Gasteiger partial charge in [0, 0.05) is 18.9 Å². The maximum Gasteiger partial charge on any atom is 0.139 e. The first-order valence-corrected chi connectivity index (χ1v) is 4.69. The topological polar surface area (TPSA) is 60.2 Å². The van der Waals surface area contributed by atoms with Crippen molar-refractivity contribution in [3.05, 3.63) is 35.4 Å². The van der Waals surface area contributed by atoms with E-state index in [1.807, 2.05) is 0 Å². The van der Waals surface area contributed by atoms with Crippen LogP contribution in [0, 0.1) is 11.6 Å². The summed E-state index contributed by atoms with van der Waals surface area (Å²) in [5, 5.41) is 0. The highest BCUT2D eigenvalue weighted by Gasteiger charge is 2.10. The van der Waals surface area contributed by atoms with Gasteiger partial charge >= 0.3 is 0 Å². The van der Waals surface area contributed by atoms with Crippen molar-refractivity contribution in [3.63, 3.8) is 0 Å². The highest BCUT2D eigenvalue weighted by Crippen LogP contribution is 2.09. The molecule has 1 aromatic carbocycles. The number of halogens is 2. The molecule has 0 fully saturated rings. The molecular formula is C11H11F2NO2. The summed E-state index contributed by atoms with van der Waals surface area (Å²) >= 11 is 0. The van der Waals surface area contributed by atoms with Crippen LogP contribution in [0.15, 0.2) is 18.2 Å². The van der Waals surface area contributed by atoms with Crippen LogP contribution < -0.4 is 5.73 Å². The fraction of sp³-hybridized carbons (Fsp3) is 0.273. The zero-order chi connectivity index (χ0) is 12.1. The summed E-state index contributed by atoms with van der Waals surface area (Å²) in [6.07, 6.45) is 0.210. The Morgan fingerprint density at radius 3 is 2.38 bits per heavy atom. The van der Waals surface area contributed by atoms with Gasteiger partial charge in [-0.05, 0) is 17.7 Å². The molecule has 0 aliphatic carbocycles. The van der Waals surface area contributed by atoms with E-state index in [1.165, 1.54) is 0 Å². The lowest BCUT2D eigenvalue weighted by Gasteiger charge is -2.04. The van der Waals surface area contributed by atoms with Crippen molar-refractivity contribution in [3.8, 4) is 0 Å². The van der Waals surface area contributed by atoms with Gasteiger partial charge in [0.2, 0.25) is 0 Å². The quantitative estimate of drug-likeness (QED) is 0.763. The summed E-state index contributed by atoms with van der Waals surface area (Å²) in [5.74, 6) is -1.80. The van der Waals surface area contributed by atoms with Crippen LogP contribution in [0.3, 0.4) is 0 Å². The molecular weight excluding hydrogens is 216 g/mol. The molecule has 0 bridgehead atoms.